The number of carbonyl (C=O) groups is 1. The number of hydrogen-bond donors (Lipinski definition) is 1. The van der Waals surface area contributed by atoms with Crippen molar-refractivity contribution in [1.29, 1.82) is 0 Å². The number of likely N-dealkylation sites (tertiary alicyclic amines) is 2. The van der Waals surface area contributed by atoms with Gasteiger partial charge in [-0.05, 0) is 86.9 Å². The van der Waals surface area contributed by atoms with E-state index in [1.54, 1.807) is 0 Å². The molecule has 4 atom stereocenters. The molecule has 2 saturated heterocycles. The summed E-state index contributed by atoms with van der Waals surface area (Å²) < 4.78 is 90.8. The molecule has 0 bridgehead atoms. The molecule has 0 saturated carbocycles. The van der Waals surface area contributed by atoms with Crippen molar-refractivity contribution in [2.45, 2.75) is 88.5 Å². The second-order valence-corrected chi connectivity index (χ2v) is 15.0. The van der Waals surface area contributed by atoms with Gasteiger partial charge < -0.3 is 19.5 Å². The Balaban J connectivity index is 1.15. The summed E-state index contributed by atoms with van der Waals surface area (Å²) in [7, 11) is 0. The Morgan fingerprint density at radius 3 is 2.02 bits per heavy atom. The molecule has 3 heterocycles. The summed E-state index contributed by atoms with van der Waals surface area (Å²) in [4.78, 5) is 23.1. The van der Waals surface area contributed by atoms with Gasteiger partial charge >= 0.3 is 12.4 Å². The first-order valence-corrected chi connectivity index (χ1v) is 19.6. The molecule has 0 aliphatic carbocycles. The van der Waals surface area contributed by atoms with Crippen molar-refractivity contribution in [2.24, 2.45) is 0 Å². The zero-order valence-electron chi connectivity index (χ0n) is 31.8. The first kappa shape index (κ1) is 40.3. The Hall–Kier alpha value is -4.88. The second kappa shape index (κ2) is 17.3. The van der Waals surface area contributed by atoms with Crippen LogP contribution in [0.25, 0.3) is 11.0 Å². The van der Waals surface area contributed by atoms with Gasteiger partial charge in [0.2, 0.25) is 5.95 Å². The van der Waals surface area contributed by atoms with Crippen molar-refractivity contribution in [1.82, 2.24) is 19.4 Å². The van der Waals surface area contributed by atoms with E-state index in [0.717, 1.165) is 48.4 Å². The molecule has 0 radical (unpaired) electrons. The third-order valence-corrected chi connectivity index (χ3v) is 11.3. The first-order chi connectivity index (χ1) is 27.4. The average Bonchev–Trinajstić information content (AvgIpc) is 3.54. The molecule has 2 aliphatic rings. The van der Waals surface area contributed by atoms with Gasteiger partial charge in [-0.2, -0.15) is 26.3 Å². The van der Waals surface area contributed by atoms with Crippen LogP contribution in [0.3, 0.4) is 0 Å². The molecule has 1 aromatic heterocycles. The number of hydrogen-bond acceptors (Lipinski definition) is 5. The van der Waals surface area contributed by atoms with Gasteiger partial charge in [0, 0.05) is 56.0 Å². The minimum Gasteiger partial charge on any atom is -0.380 e. The molecule has 2 aliphatic heterocycles. The summed E-state index contributed by atoms with van der Waals surface area (Å²) in [6, 6.07) is 28.7. The van der Waals surface area contributed by atoms with E-state index >= 15 is 0 Å². The van der Waals surface area contributed by atoms with Crippen LogP contribution < -0.4 is 5.32 Å². The van der Waals surface area contributed by atoms with Crippen molar-refractivity contribution in [3.8, 4) is 0 Å². The lowest BCUT2D eigenvalue weighted by Gasteiger charge is -2.49. The molecule has 4 aromatic carbocycles. The van der Waals surface area contributed by atoms with Gasteiger partial charge in [-0.3, -0.25) is 9.69 Å². The van der Waals surface area contributed by atoms with Crippen molar-refractivity contribution in [2.75, 3.05) is 31.6 Å². The Labute approximate surface area is 328 Å². The zero-order valence-corrected chi connectivity index (χ0v) is 31.8. The SMILES string of the molecule is CCOCCn1c(NC2CCN(C3CCN(C(=O)c4cc(C(F)(F)F)cc(C(F)(F)F)c4)C(Cc4ccccc4)C3)C(Cc3ccccc3)C2)nc2ccccc21. The highest BCUT2D eigenvalue weighted by Gasteiger charge is 2.42. The summed E-state index contributed by atoms with van der Waals surface area (Å²) in [5.41, 5.74) is 0.437. The highest BCUT2D eigenvalue weighted by Crippen LogP contribution is 2.38. The lowest BCUT2D eigenvalue weighted by molar-refractivity contribution is -0.143. The Kier molecular flexibility index (Phi) is 12.2. The number of piperidine rings is 2. The summed E-state index contributed by atoms with van der Waals surface area (Å²) in [5.74, 6) is -0.0345. The maximum atomic E-state index is 14.1. The molecule has 4 unspecified atom stereocenters. The Morgan fingerprint density at radius 2 is 1.39 bits per heavy atom. The van der Waals surface area contributed by atoms with Crippen molar-refractivity contribution in [3.05, 3.63) is 131 Å². The number of halogens is 6. The van der Waals surface area contributed by atoms with Crippen LogP contribution in [0.15, 0.2) is 103 Å². The monoisotopic (exact) mass is 791 g/mol. The zero-order chi connectivity index (χ0) is 40.2. The first-order valence-electron chi connectivity index (χ1n) is 19.6. The molecule has 7 nitrogen and oxygen atoms in total. The summed E-state index contributed by atoms with van der Waals surface area (Å²) in [6.07, 6.45) is -6.24. The van der Waals surface area contributed by atoms with E-state index in [1.165, 1.54) is 10.5 Å². The number of fused-ring (bicyclic) bond motifs is 1. The second-order valence-electron chi connectivity index (χ2n) is 15.0. The van der Waals surface area contributed by atoms with E-state index in [2.05, 4.69) is 33.0 Å². The quantitative estimate of drug-likeness (QED) is 0.101. The highest BCUT2D eigenvalue weighted by atomic mass is 19.4. The van der Waals surface area contributed by atoms with Crippen LogP contribution >= 0.6 is 0 Å². The van der Waals surface area contributed by atoms with Crippen molar-refractivity contribution in [3.63, 3.8) is 0 Å². The van der Waals surface area contributed by atoms with Gasteiger partial charge in [0.05, 0.1) is 28.8 Å². The standard InChI is InChI=1S/C44H47F6N5O2/c1-2-57-22-21-55-40-16-10-9-15-39(40)52-42(55)51-35-17-19-53(37(28-35)23-30-11-5-3-6-12-30)36-18-20-54(38(29-36)24-31-13-7-4-8-14-31)41(56)32-25-33(43(45,46)47)27-34(26-32)44(48,49)50/h3-16,25-27,35-38H,2,17-24,28-29H2,1H3,(H,51,52). The minimum absolute atomic E-state index is 0.0282. The molecule has 0 spiro atoms. The van der Waals surface area contributed by atoms with Crippen LogP contribution in [0, 0.1) is 0 Å². The van der Waals surface area contributed by atoms with Crippen LogP contribution in [0.1, 0.15) is 65.2 Å². The number of ether oxygens (including phenoxy) is 1. The number of nitrogens with zero attached hydrogens (tertiary/aromatic N) is 4. The largest absolute Gasteiger partial charge is 0.416 e. The van der Waals surface area contributed by atoms with Crippen LogP contribution in [-0.4, -0.2) is 75.7 Å². The maximum absolute atomic E-state index is 14.1. The summed E-state index contributed by atoms with van der Waals surface area (Å²) in [5, 5.41) is 3.77. The number of nitrogens with one attached hydrogen (secondary N) is 1. The lowest BCUT2D eigenvalue weighted by atomic mass is 9.85. The topological polar surface area (TPSA) is 62.6 Å². The van der Waals surface area contributed by atoms with Gasteiger partial charge in [0.1, 0.15) is 0 Å². The number of anilines is 1. The fourth-order valence-electron chi connectivity index (χ4n) is 8.58. The molecule has 2 fully saturated rings. The van der Waals surface area contributed by atoms with Crippen LogP contribution in [0.4, 0.5) is 32.3 Å². The molecular formula is C44H47F6N5O2. The van der Waals surface area contributed by atoms with Crippen LogP contribution in [0.2, 0.25) is 0 Å². The minimum atomic E-state index is -5.06. The molecule has 1 amide bonds. The van der Waals surface area contributed by atoms with E-state index < -0.39 is 41.0 Å². The van der Waals surface area contributed by atoms with Gasteiger partial charge in [-0.25, -0.2) is 4.98 Å². The molecule has 7 rings (SSSR count). The molecule has 13 heteroatoms. The third-order valence-electron chi connectivity index (χ3n) is 11.3. The van der Waals surface area contributed by atoms with E-state index in [9.17, 15) is 31.1 Å². The van der Waals surface area contributed by atoms with E-state index in [-0.39, 0.29) is 30.7 Å². The van der Waals surface area contributed by atoms with Gasteiger partial charge in [-0.1, -0.05) is 72.8 Å². The van der Waals surface area contributed by atoms with Crippen molar-refractivity contribution >= 4 is 22.9 Å². The van der Waals surface area contributed by atoms with Crippen LogP contribution in [0.5, 0.6) is 0 Å². The fraction of sp³-hybridized carbons (Fsp3) is 0.409. The number of para-hydroxylation sites is 2. The number of aromatic nitrogens is 2. The third kappa shape index (κ3) is 9.64. The number of benzene rings is 4. The van der Waals surface area contributed by atoms with E-state index in [1.807, 2.05) is 73.7 Å². The van der Waals surface area contributed by atoms with Crippen LogP contribution in [-0.2, 0) is 36.5 Å². The summed E-state index contributed by atoms with van der Waals surface area (Å²) >= 11 is 0. The Morgan fingerprint density at radius 1 is 0.772 bits per heavy atom. The molecule has 5 aromatic rings. The Bertz CT molecular complexity index is 2070. The van der Waals surface area contributed by atoms with Gasteiger partial charge in [0.25, 0.3) is 5.91 Å². The fourth-order valence-corrected chi connectivity index (χ4v) is 8.58. The summed E-state index contributed by atoms with van der Waals surface area (Å²) in [6.45, 7) is 4.76. The smallest absolute Gasteiger partial charge is 0.380 e. The number of alkyl halides is 6. The average molecular weight is 792 g/mol. The normalized spacial score (nSPS) is 20.9. The van der Waals surface area contributed by atoms with Gasteiger partial charge in [-0.15, -0.1) is 0 Å². The predicted octanol–water partition coefficient (Wildman–Crippen LogP) is 9.51. The number of imidazole rings is 1. The van der Waals surface area contributed by atoms with Crippen molar-refractivity contribution < 1.29 is 35.9 Å². The number of carbonyl (C=O) groups excluding carboxylic acids is 1. The molecule has 57 heavy (non-hydrogen) atoms. The highest BCUT2D eigenvalue weighted by molar-refractivity contribution is 5.95. The molecule has 1 N–H and O–H groups in total. The predicted molar refractivity (Wildman–Crippen MR) is 208 cm³/mol. The number of rotatable bonds is 12. The van der Waals surface area contributed by atoms with E-state index in [4.69, 9.17) is 9.72 Å². The molecular weight excluding hydrogens is 745 g/mol. The molecule has 302 valence electrons. The number of amides is 1. The van der Waals surface area contributed by atoms with Gasteiger partial charge in [0.15, 0.2) is 0 Å². The van der Waals surface area contributed by atoms with E-state index in [0.29, 0.717) is 51.2 Å². The maximum Gasteiger partial charge on any atom is 0.416 e. The lowest BCUT2D eigenvalue weighted by Crippen LogP contribution is -2.58.